The van der Waals surface area contributed by atoms with Crippen molar-refractivity contribution in [3.05, 3.63) is 70.8 Å². The molecule has 2 fully saturated rings. The van der Waals surface area contributed by atoms with Crippen molar-refractivity contribution < 1.29 is 26.3 Å². The second-order valence-electron chi connectivity index (χ2n) is 12.1. The van der Waals surface area contributed by atoms with Crippen molar-refractivity contribution in [2.45, 2.75) is 121 Å². The van der Waals surface area contributed by atoms with Crippen molar-refractivity contribution in [1.29, 1.82) is 5.26 Å². The van der Waals surface area contributed by atoms with E-state index in [2.05, 4.69) is 30.9 Å². The van der Waals surface area contributed by atoms with Crippen LogP contribution >= 0.6 is 0 Å². The van der Waals surface area contributed by atoms with Gasteiger partial charge < -0.3 is 4.90 Å². The predicted octanol–water partition coefficient (Wildman–Crippen LogP) is 9.85. The molecule has 0 bridgehead atoms. The molecule has 0 spiro atoms. The van der Waals surface area contributed by atoms with Gasteiger partial charge in [-0.25, -0.2) is 0 Å². The maximum absolute atomic E-state index is 14.7. The largest absolute Gasteiger partial charge is 0.398 e. The van der Waals surface area contributed by atoms with Crippen LogP contribution in [0.2, 0.25) is 0 Å². The van der Waals surface area contributed by atoms with Crippen LogP contribution in [0.5, 0.6) is 0 Å². The molecule has 2 aliphatic carbocycles. The van der Waals surface area contributed by atoms with Gasteiger partial charge >= 0.3 is 12.4 Å². The third-order valence-electron chi connectivity index (χ3n) is 9.34. The van der Waals surface area contributed by atoms with Crippen LogP contribution in [0.1, 0.15) is 101 Å². The van der Waals surface area contributed by atoms with Gasteiger partial charge in [-0.2, -0.15) is 31.6 Å². The summed E-state index contributed by atoms with van der Waals surface area (Å²) in [6.45, 7) is 7.00. The number of nitrogens with zero attached hydrogens (tertiary/aromatic N) is 2. The van der Waals surface area contributed by atoms with Gasteiger partial charge in [0.1, 0.15) is 0 Å². The highest BCUT2D eigenvalue weighted by Gasteiger charge is 2.60. The molecule has 0 aromatic heterocycles. The second-order valence-corrected chi connectivity index (χ2v) is 12.1. The summed E-state index contributed by atoms with van der Waals surface area (Å²) in [5.74, 6) is 0. The molecule has 2 nitrogen and oxygen atoms in total. The standard InChI is InChI=1S/C32H41F6N.C2H3N/c1-24(2)39(23-17-25-12-4-3-5-13-25)22-11-14-26-27(29(31(33,34)35)18-6-7-19-29)15-10-16-28(26)30(32(36,37)38)20-8-9-21-30;1-2-3/h3-5,10,12-13,15-16,24H,6-9,11,14,17-23H2,1-2H3;1H3. The fourth-order valence-corrected chi connectivity index (χ4v) is 7.13. The monoisotopic (exact) mass is 594 g/mol. The van der Waals surface area contributed by atoms with Gasteiger partial charge in [0, 0.05) is 19.5 Å². The van der Waals surface area contributed by atoms with Gasteiger partial charge in [-0.1, -0.05) is 74.2 Å². The van der Waals surface area contributed by atoms with Gasteiger partial charge in [0.25, 0.3) is 0 Å². The van der Waals surface area contributed by atoms with E-state index in [0.29, 0.717) is 44.2 Å². The van der Waals surface area contributed by atoms with E-state index in [1.54, 1.807) is 6.07 Å². The first-order chi connectivity index (χ1) is 19.8. The van der Waals surface area contributed by atoms with Crippen LogP contribution in [-0.2, 0) is 23.7 Å². The highest BCUT2D eigenvalue weighted by atomic mass is 19.4. The highest BCUT2D eigenvalue weighted by Crippen LogP contribution is 2.57. The zero-order valence-electron chi connectivity index (χ0n) is 25.1. The van der Waals surface area contributed by atoms with E-state index in [9.17, 15) is 26.3 Å². The molecule has 2 aromatic carbocycles. The molecular formula is C34H44F6N2. The number of alkyl halides is 6. The van der Waals surface area contributed by atoms with Gasteiger partial charge in [0.15, 0.2) is 0 Å². The van der Waals surface area contributed by atoms with Crippen LogP contribution in [0.3, 0.4) is 0 Å². The van der Waals surface area contributed by atoms with Crippen LogP contribution < -0.4 is 0 Å². The van der Waals surface area contributed by atoms with E-state index in [-0.39, 0.29) is 49.3 Å². The first-order valence-corrected chi connectivity index (χ1v) is 15.2. The van der Waals surface area contributed by atoms with Crippen LogP contribution in [0.25, 0.3) is 0 Å². The molecule has 0 N–H and O–H groups in total. The average Bonchev–Trinajstić information content (AvgIpc) is 3.63. The van der Waals surface area contributed by atoms with E-state index in [4.69, 9.17) is 5.26 Å². The third kappa shape index (κ3) is 7.33. The molecule has 2 saturated carbocycles. The lowest BCUT2D eigenvalue weighted by molar-refractivity contribution is -0.191. The topological polar surface area (TPSA) is 27.0 Å². The molecule has 2 aliphatic rings. The van der Waals surface area contributed by atoms with E-state index in [0.717, 1.165) is 13.0 Å². The molecule has 0 atom stereocenters. The first kappa shape index (κ1) is 34.0. The molecule has 0 aliphatic heterocycles. The van der Waals surface area contributed by atoms with Gasteiger partial charge in [0.05, 0.1) is 16.9 Å². The summed E-state index contributed by atoms with van der Waals surface area (Å²) < 4.78 is 88.2. The van der Waals surface area contributed by atoms with E-state index in [1.807, 2.05) is 18.2 Å². The second kappa shape index (κ2) is 14.3. The number of hydrogen-bond donors (Lipinski definition) is 0. The van der Waals surface area contributed by atoms with Crippen LogP contribution in [-0.4, -0.2) is 36.4 Å². The van der Waals surface area contributed by atoms with Gasteiger partial charge in [0.2, 0.25) is 0 Å². The van der Waals surface area contributed by atoms with E-state index < -0.39 is 23.2 Å². The van der Waals surface area contributed by atoms with Crippen molar-refractivity contribution in [2.24, 2.45) is 0 Å². The fourth-order valence-electron chi connectivity index (χ4n) is 7.13. The van der Waals surface area contributed by atoms with Crippen LogP contribution in [0.15, 0.2) is 48.5 Å². The summed E-state index contributed by atoms with van der Waals surface area (Å²) in [5.41, 5.74) is -2.41. The average molecular weight is 595 g/mol. The smallest absolute Gasteiger partial charge is 0.301 e. The molecule has 0 unspecified atom stereocenters. The minimum absolute atomic E-state index is 0.0544. The molecule has 0 heterocycles. The summed E-state index contributed by atoms with van der Waals surface area (Å²) >= 11 is 0. The molecule has 0 amide bonds. The molecule has 0 radical (unpaired) electrons. The van der Waals surface area contributed by atoms with E-state index >= 15 is 0 Å². The van der Waals surface area contributed by atoms with Crippen molar-refractivity contribution in [2.75, 3.05) is 13.1 Å². The fraction of sp³-hybridized carbons (Fsp3) is 0.618. The lowest BCUT2D eigenvalue weighted by Gasteiger charge is -2.39. The Hall–Kier alpha value is -2.53. The molecular weight excluding hydrogens is 550 g/mol. The Bertz CT molecular complexity index is 1100. The minimum atomic E-state index is -4.50. The Kier molecular flexibility index (Phi) is 11.6. The molecule has 232 valence electrons. The van der Waals surface area contributed by atoms with Gasteiger partial charge in [-0.15, -0.1) is 0 Å². The molecule has 8 heteroatoms. The summed E-state index contributed by atoms with van der Waals surface area (Å²) in [7, 11) is 0. The molecule has 4 rings (SSSR count). The first-order valence-electron chi connectivity index (χ1n) is 15.2. The van der Waals surface area contributed by atoms with Gasteiger partial charge in [-0.3, -0.25) is 0 Å². The van der Waals surface area contributed by atoms with E-state index in [1.165, 1.54) is 30.7 Å². The Morgan fingerprint density at radius 2 is 1.19 bits per heavy atom. The number of hydrogen-bond acceptors (Lipinski definition) is 2. The quantitative estimate of drug-likeness (QED) is 0.256. The number of halogens is 6. The lowest BCUT2D eigenvalue weighted by Crippen LogP contribution is -2.44. The van der Waals surface area contributed by atoms with Crippen molar-refractivity contribution in [3.8, 4) is 6.07 Å². The predicted molar refractivity (Wildman–Crippen MR) is 155 cm³/mol. The Morgan fingerprint density at radius 3 is 1.60 bits per heavy atom. The van der Waals surface area contributed by atoms with Crippen molar-refractivity contribution >= 4 is 0 Å². The minimum Gasteiger partial charge on any atom is -0.301 e. The van der Waals surface area contributed by atoms with Gasteiger partial charge in [-0.05, 0) is 87.6 Å². The van der Waals surface area contributed by atoms with Crippen LogP contribution in [0, 0.1) is 11.3 Å². The summed E-state index contributed by atoms with van der Waals surface area (Å²) in [6, 6.07) is 16.5. The number of rotatable bonds is 10. The maximum Gasteiger partial charge on any atom is 0.398 e. The molecule has 42 heavy (non-hydrogen) atoms. The normalized spacial score (nSPS) is 18.1. The summed E-state index contributed by atoms with van der Waals surface area (Å²) in [6.07, 6.45) is -5.89. The summed E-state index contributed by atoms with van der Waals surface area (Å²) in [5, 5.41) is 7.32. The molecule has 0 saturated heterocycles. The Morgan fingerprint density at radius 1 is 0.738 bits per heavy atom. The Balaban J connectivity index is 0.00000155. The van der Waals surface area contributed by atoms with Crippen molar-refractivity contribution in [3.63, 3.8) is 0 Å². The summed E-state index contributed by atoms with van der Waals surface area (Å²) in [4.78, 5) is 2.28. The SMILES string of the molecule is CC#N.CC(C)N(CCCc1c(C2(C(F)(F)F)CCCC2)cccc1C1(C(F)(F)F)CCCC1)CCc1ccccc1. The van der Waals surface area contributed by atoms with Crippen molar-refractivity contribution in [1.82, 2.24) is 4.90 Å². The highest BCUT2D eigenvalue weighted by molar-refractivity contribution is 5.47. The zero-order chi connectivity index (χ0) is 31.0. The number of nitriles is 1. The Labute approximate surface area is 247 Å². The zero-order valence-corrected chi connectivity index (χ0v) is 25.1. The number of benzene rings is 2. The maximum atomic E-state index is 14.7. The third-order valence-corrected chi connectivity index (χ3v) is 9.34. The molecule has 2 aromatic rings. The lowest BCUT2D eigenvalue weighted by atomic mass is 9.69. The van der Waals surface area contributed by atoms with Crippen LogP contribution in [0.4, 0.5) is 26.3 Å².